The molecule has 0 radical (unpaired) electrons. The van der Waals surface area contributed by atoms with Crippen molar-refractivity contribution in [2.75, 3.05) is 21.6 Å². The predicted octanol–water partition coefficient (Wildman–Crippen LogP) is 3.62. The fraction of sp³-hybridized carbons (Fsp3) is 0.105. The number of anilines is 5. The summed E-state index contributed by atoms with van der Waals surface area (Å²) >= 11 is 6.19. The maximum atomic E-state index is 11.6. The average molecular weight is 448 g/mol. The number of sulfonamides is 1. The van der Waals surface area contributed by atoms with E-state index in [9.17, 15) is 13.2 Å². The number of hydrogen-bond donors (Lipinski definition) is 4. The Bertz CT molecular complexity index is 1170. The quantitative estimate of drug-likeness (QED) is 0.411. The molecule has 0 unspecified atom stereocenters. The Hall–Kier alpha value is -3.37. The van der Waals surface area contributed by atoms with Crippen molar-refractivity contribution in [1.29, 1.82) is 0 Å². The minimum atomic E-state index is -3.47. The molecular weight excluding hydrogens is 430 g/mol. The lowest BCUT2D eigenvalue weighted by molar-refractivity contribution is -0.136. The second-order valence-corrected chi connectivity index (χ2v) is 8.48. The third-order valence-electron chi connectivity index (χ3n) is 3.79. The van der Waals surface area contributed by atoms with Gasteiger partial charge in [0.15, 0.2) is 5.82 Å². The fourth-order valence-corrected chi connectivity index (χ4v) is 3.25. The van der Waals surface area contributed by atoms with Crippen LogP contribution in [0.25, 0.3) is 0 Å². The van der Waals surface area contributed by atoms with Gasteiger partial charge in [-0.1, -0.05) is 35.9 Å². The second-order valence-electron chi connectivity index (χ2n) is 6.33. The summed E-state index contributed by atoms with van der Waals surface area (Å²) in [6.45, 7) is 0. The van der Waals surface area contributed by atoms with Crippen LogP contribution < -0.4 is 15.4 Å². The minimum absolute atomic E-state index is 0.0628. The van der Waals surface area contributed by atoms with Crippen molar-refractivity contribution in [3.8, 4) is 0 Å². The molecule has 1 heterocycles. The molecule has 2 aromatic carbocycles. The Kier molecular flexibility index (Phi) is 6.38. The Labute approximate surface area is 178 Å². The van der Waals surface area contributed by atoms with E-state index in [1.165, 1.54) is 6.20 Å². The molecule has 11 heteroatoms. The van der Waals surface area contributed by atoms with Gasteiger partial charge in [0, 0.05) is 5.69 Å². The van der Waals surface area contributed by atoms with Gasteiger partial charge in [0.05, 0.1) is 30.2 Å². The monoisotopic (exact) mass is 447 g/mol. The first-order valence-corrected chi connectivity index (χ1v) is 10.9. The van der Waals surface area contributed by atoms with Crippen LogP contribution in [0.15, 0.2) is 54.7 Å². The number of nitrogens with zero attached hydrogens (tertiary/aromatic N) is 2. The first-order chi connectivity index (χ1) is 14.2. The zero-order valence-corrected chi connectivity index (χ0v) is 17.3. The van der Waals surface area contributed by atoms with Crippen molar-refractivity contribution in [3.63, 3.8) is 0 Å². The Balaban J connectivity index is 1.80. The molecule has 0 aliphatic rings. The van der Waals surface area contributed by atoms with Gasteiger partial charge in [-0.2, -0.15) is 4.98 Å². The van der Waals surface area contributed by atoms with Gasteiger partial charge in [0.1, 0.15) is 5.02 Å². The number of benzene rings is 2. The lowest BCUT2D eigenvalue weighted by atomic mass is 10.1. The van der Waals surface area contributed by atoms with Gasteiger partial charge >= 0.3 is 5.97 Å². The summed E-state index contributed by atoms with van der Waals surface area (Å²) in [6.07, 6.45) is 2.41. The van der Waals surface area contributed by atoms with Crippen molar-refractivity contribution >= 4 is 56.4 Å². The maximum Gasteiger partial charge on any atom is 0.307 e. The summed E-state index contributed by atoms with van der Waals surface area (Å²) in [7, 11) is -3.47. The molecule has 0 bridgehead atoms. The van der Waals surface area contributed by atoms with Crippen molar-refractivity contribution in [2.24, 2.45) is 0 Å². The molecular formula is C19H18ClN5O4S. The van der Waals surface area contributed by atoms with Gasteiger partial charge in [-0.3, -0.25) is 9.52 Å². The number of hydrogen-bond acceptors (Lipinski definition) is 7. The molecule has 1 aromatic heterocycles. The molecule has 0 aliphatic carbocycles. The Morgan fingerprint density at radius 3 is 2.37 bits per heavy atom. The first-order valence-electron chi connectivity index (χ1n) is 8.64. The minimum Gasteiger partial charge on any atom is -0.481 e. The lowest BCUT2D eigenvalue weighted by Gasteiger charge is -2.14. The number of para-hydroxylation sites is 2. The molecule has 3 rings (SSSR count). The van der Waals surface area contributed by atoms with Crippen LogP contribution in [-0.4, -0.2) is 35.7 Å². The number of carboxylic acids is 1. The highest BCUT2D eigenvalue weighted by Gasteiger charge is 2.11. The highest BCUT2D eigenvalue weighted by atomic mass is 35.5. The Morgan fingerprint density at radius 2 is 1.73 bits per heavy atom. The molecule has 0 amide bonds. The van der Waals surface area contributed by atoms with Gasteiger partial charge < -0.3 is 15.7 Å². The normalized spacial score (nSPS) is 11.0. The third-order valence-corrected chi connectivity index (χ3v) is 4.65. The fourth-order valence-electron chi connectivity index (χ4n) is 2.53. The molecule has 0 spiro atoms. The van der Waals surface area contributed by atoms with Crippen molar-refractivity contribution < 1.29 is 18.3 Å². The van der Waals surface area contributed by atoms with E-state index in [1.54, 1.807) is 48.5 Å². The Morgan fingerprint density at radius 1 is 1.07 bits per heavy atom. The van der Waals surface area contributed by atoms with Crippen LogP contribution in [0.3, 0.4) is 0 Å². The first kappa shape index (κ1) is 21.3. The second kappa shape index (κ2) is 8.97. The summed E-state index contributed by atoms with van der Waals surface area (Å²) in [5.41, 5.74) is 2.14. The van der Waals surface area contributed by atoms with Crippen LogP contribution in [0.5, 0.6) is 0 Å². The number of rotatable bonds is 8. The molecule has 0 aliphatic heterocycles. The van der Waals surface area contributed by atoms with E-state index in [4.69, 9.17) is 16.7 Å². The van der Waals surface area contributed by atoms with E-state index in [1.807, 2.05) is 0 Å². The van der Waals surface area contributed by atoms with Crippen LogP contribution in [0, 0.1) is 0 Å². The largest absolute Gasteiger partial charge is 0.481 e. The van der Waals surface area contributed by atoms with Gasteiger partial charge in [-0.05, 0) is 29.8 Å². The average Bonchev–Trinajstić information content (AvgIpc) is 2.66. The summed E-state index contributed by atoms with van der Waals surface area (Å²) < 4.78 is 25.6. The maximum absolute atomic E-state index is 11.6. The van der Waals surface area contributed by atoms with Crippen LogP contribution in [0.4, 0.5) is 28.8 Å². The molecule has 0 saturated carbocycles. The number of carboxylic acid groups (broad SMARTS) is 1. The highest BCUT2D eigenvalue weighted by molar-refractivity contribution is 7.92. The van der Waals surface area contributed by atoms with Crippen LogP contribution in [-0.2, 0) is 21.2 Å². The highest BCUT2D eigenvalue weighted by Crippen LogP contribution is 2.29. The van der Waals surface area contributed by atoms with Crippen molar-refractivity contribution in [3.05, 3.63) is 65.3 Å². The van der Waals surface area contributed by atoms with E-state index in [-0.39, 0.29) is 23.2 Å². The standard InChI is InChI=1S/C19H18ClN5O4S/c1-30(28,29)25-16-5-3-2-4-15(16)23-18-14(20)11-21-19(24-18)22-13-8-6-12(7-9-13)10-17(26)27/h2-9,11,25H,10H2,1H3,(H,26,27)(H2,21,22,23,24). The molecule has 9 nitrogen and oxygen atoms in total. The van der Waals surface area contributed by atoms with E-state index >= 15 is 0 Å². The van der Waals surface area contributed by atoms with Crippen molar-refractivity contribution in [2.45, 2.75) is 6.42 Å². The molecule has 0 atom stereocenters. The molecule has 3 aromatic rings. The van der Waals surface area contributed by atoms with Gasteiger partial charge in [-0.25, -0.2) is 13.4 Å². The van der Waals surface area contributed by atoms with Crippen LogP contribution in [0.1, 0.15) is 5.56 Å². The summed E-state index contributed by atoms with van der Waals surface area (Å²) in [5, 5.41) is 15.1. The zero-order chi connectivity index (χ0) is 21.7. The smallest absolute Gasteiger partial charge is 0.307 e. The van der Waals surface area contributed by atoms with Crippen LogP contribution >= 0.6 is 11.6 Å². The number of aromatic nitrogens is 2. The van der Waals surface area contributed by atoms with E-state index in [0.717, 1.165) is 6.26 Å². The topological polar surface area (TPSA) is 133 Å². The predicted molar refractivity (Wildman–Crippen MR) is 116 cm³/mol. The van der Waals surface area contributed by atoms with Gasteiger partial charge in [0.25, 0.3) is 0 Å². The van der Waals surface area contributed by atoms with E-state index in [2.05, 4.69) is 25.3 Å². The van der Waals surface area contributed by atoms with Gasteiger partial charge in [-0.15, -0.1) is 0 Å². The van der Waals surface area contributed by atoms with Crippen LogP contribution in [0.2, 0.25) is 5.02 Å². The molecule has 30 heavy (non-hydrogen) atoms. The summed E-state index contributed by atoms with van der Waals surface area (Å²) in [4.78, 5) is 19.2. The number of aliphatic carboxylic acids is 1. The number of carbonyl (C=O) groups is 1. The summed E-state index contributed by atoms with van der Waals surface area (Å²) in [5.74, 6) is -0.376. The summed E-state index contributed by atoms with van der Waals surface area (Å²) in [6, 6.07) is 13.5. The van der Waals surface area contributed by atoms with Crippen molar-refractivity contribution in [1.82, 2.24) is 9.97 Å². The van der Waals surface area contributed by atoms with E-state index < -0.39 is 16.0 Å². The molecule has 156 valence electrons. The zero-order valence-electron chi connectivity index (χ0n) is 15.8. The number of nitrogens with one attached hydrogen (secondary N) is 3. The SMILES string of the molecule is CS(=O)(=O)Nc1ccccc1Nc1nc(Nc2ccc(CC(=O)O)cc2)ncc1Cl. The molecule has 0 fully saturated rings. The molecule has 0 saturated heterocycles. The third kappa shape index (κ3) is 6.06. The van der Waals surface area contributed by atoms with E-state index in [0.29, 0.717) is 22.6 Å². The molecule has 4 N–H and O–H groups in total. The van der Waals surface area contributed by atoms with Gasteiger partial charge in [0.2, 0.25) is 16.0 Å². The lowest BCUT2D eigenvalue weighted by Crippen LogP contribution is -2.11. The number of halogens is 1.